The van der Waals surface area contributed by atoms with Crippen LogP contribution in [0, 0.1) is 0 Å². The van der Waals surface area contributed by atoms with Gasteiger partial charge in [-0.1, -0.05) is 29.8 Å². The third-order valence-electron chi connectivity index (χ3n) is 5.68. The van der Waals surface area contributed by atoms with E-state index in [-0.39, 0.29) is 5.91 Å². The summed E-state index contributed by atoms with van der Waals surface area (Å²) in [5.41, 5.74) is 5.74. The Morgan fingerprint density at radius 2 is 1.82 bits per heavy atom. The van der Waals surface area contributed by atoms with Crippen LogP contribution < -0.4 is 5.32 Å². The van der Waals surface area contributed by atoms with E-state index in [4.69, 9.17) is 11.6 Å². The first kappa shape index (κ1) is 21.0. The average molecular weight is 455 g/mol. The number of hydrogen-bond donors (Lipinski definition) is 2. The number of aryl methyl sites for hydroxylation is 1. The molecule has 0 aliphatic carbocycles. The quantitative estimate of drug-likeness (QED) is 0.289. The van der Waals surface area contributed by atoms with Crippen LogP contribution in [0.2, 0.25) is 5.02 Å². The number of halogens is 1. The van der Waals surface area contributed by atoms with E-state index in [0.29, 0.717) is 17.9 Å². The molecule has 2 aromatic carbocycles. The second kappa shape index (κ2) is 9.35. The Kier molecular flexibility index (Phi) is 5.96. The maximum atomic E-state index is 12.8. The first-order chi connectivity index (χ1) is 16.2. The molecule has 0 spiro atoms. The predicted octanol–water partition coefficient (Wildman–Crippen LogP) is 6.64. The number of carbonyl (C=O) groups is 1. The predicted molar refractivity (Wildman–Crippen MR) is 134 cm³/mol. The fourth-order valence-electron chi connectivity index (χ4n) is 4.15. The van der Waals surface area contributed by atoms with E-state index in [1.54, 1.807) is 6.20 Å². The maximum absolute atomic E-state index is 12.8. The number of anilines is 1. The first-order valence-electron chi connectivity index (χ1n) is 10.9. The van der Waals surface area contributed by atoms with Gasteiger partial charge in [0.2, 0.25) is 5.91 Å². The second-order valence-corrected chi connectivity index (χ2v) is 8.33. The van der Waals surface area contributed by atoms with E-state index in [0.717, 1.165) is 45.6 Å². The van der Waals surface area contributed by atoms with Crippen molar-refractivity contribution < 1.29 is 4.79 Å². The number of para-hydroxylation sites is 2. The molecule has 33 heavy (non-hydrogen) atoms. The van der Waals surface area contributed by atoms with Crippen LogP contribution in [0.4, 0.5) is 5.69 Å². The van der Waals surface area contributed by atoms with Gasteiger partial charge < -0.3 is 14.9 Å². The van der Waals surface area contributed by atoms with Crippen molar-refractivity contribution in [1.82, 2.24) is 14.5 Å². The number of H-pyrrole nitrogens is 1. The fraction of sp³-hybridized carbons (Fsp3) is 0.111. The molecule has 0 aliphatic rings. The lowest BCUT2D eigenvalue weighted by molar-refractivity contribution is -0.116. The minimum Gasteiger partial charge on any atom is -0.353 e. The molecule has 0 bridgehead atoms. The molecule has 2 N–H and O–H groups in total. The number of amides is 1. The summed E-state index contributed by atoms with van der Waals surface area (Å²) in [6.45, 7) is 0. The van der Waals surface area contributed by atoms with Gasteiger partial charge in [0.15, 0.2) is 0 Å². The van der Waals surface area contributed by atoms with E-state index >= 15 is 0 Å². The second-order valence-electron chi connectivity index (χ2n) is 7.89. The van der Waals surface area contributed by atoms with Crippen LogP contribution >= 0.6 is 11.6 Å². The van der Waals surface area contributed by atoms with Crippen LogP contribution in [0.25, 0.3) is 28.0 Å². The summed E-state index contributed by atoms with van der Waals surface area (Å²) in [5, 5.41) is 4.83. The number of nitrogens with zero attached hydrogens (tertiary/aromatic N) is 2. The highest BCUT2D eigenvalue weighted by molar-refractivity contribution is 6.31. The monoisotopic (exact) mass is 454 g/mol. The lowest BCUT2D eigenvalue weighted by Gasteiger charge is -2.12. The van der Waals surface area contributed by atoms with Gasteiger partial charge in [-0.05, 0) is 73.0 Å². The third kappa shape index (κ3) is 4.54. The highest BCUT2D eigenvalue weighted by atomic mass is 35.5. The van der Waals surface area contributed by atoms with Crippen LogP contribution in [-0.4, -0.2) is 20.4 Å². The van der Waals surface area contributed by atoms with E-state index in [1.165, 1.54) is 0 Å². The van der Waals surface area contributed by atoms with Crippen molar-refractivity contribution in [3.8, 4) is 17.1 Å². The molecule has 3 heterocycles. The van der Waals surface area contributed by atoms with Crippen LogP contribution in [0.1, 0.15) is 18.4 Å². The molecule has 5 rings (SSSR count). The molecule has 0 saturated heterocycles. The van der Waals surface area contributed by atoms with Gasteiger partial charge in [0.1, 0.15) is 0 Å². The lowest BCUT2D eigenvalue weighted by Crippen LogP contribution is -2.13. The van der Waals surface area contributed by atoms with Crippen molar-refractivity contribution >= 4 is 34.1 Å². The van der Waals surface area contributed by atoms with Crippen molar-refractivity contribution in [2.24, 2.45) is 0 Å². The van der Waals surface area contributed by atoms with E-state index < -0.39 is 0 Å². The van der Waals surface area contributed by atoms with Gasteiger partial charge in [-0.2, -0.15) is 0 Å². The maximum Gasteiger partial charge on any atom is 0.224 e. The highest BCUT2D eigenvalue weighted by Gasteiger charge is 2.15. The summed E-state index contributed by atoms with van der Waals surface area (Å²) in [7, 11) is 0. The van der Waals surface area contributed by atoms with Crippen LogP contribution in [0.3, 0.4) is 0 Å². The Hall–Kier alpha value is -3.83. The molecule has 5 nitrogen and oxygen atoms in total. The van der Waals surface area contributed by atoms with Gasteiger partial charge in [-0.15, -0.1) is 0 Å². The number of pyridine rings is 1. The normalized spacial score (nSPS) is 11.1. The van der Waals surface area contributed by atoms with Crippen molar-refractivity contribution in [3.63, 3.8) is 0 Å². The zero-order chi connectivity index (χ0) is 22.6. The molecule has 5 aromatic rings. The zero-order valence-corrected chi connectivity index (χ0v) is 18.7. The molecule has 0 aliphatic heterocycles. The zero-order valence-electron chi connectivity index (χ0n) is 18.0. The van der Waals surface area contributed by atoms with Gasteiger partial charge >= 0.3 is 0 Å². The van der Waals surface area contributed by atoms with E-state index in [2.05, 4.69) is 15.3 Å². The largest absolute Gasteiger partial charge is 0.353 e. The third-order valence-corrected chi connectivity index (χ3v) is 5.92. The molecule has 0 radical (unpaired) electrons. The van der Waals surface area contributed by atoms with E-state index in [9.17, 15) is 4.79 Å². The van der Waals surface area contributed by atoms with E-state index in [1.807, 2.05) is 89.8 Å². The molecule has 164 valence electrons. The molecular weight excluding hydrogens is 432 g/mol. The minimum atomic E-state index is -0.00753. The number of hydrogen-bond acceptors (Lipinski definition) is 2. The van der Waals surface area contributed by atoms with Crippen molar-refractivity contribution in [2.75, 3.05) is 5.32 Å². The van der Waals surface area contributed by atoms with Crippen molar-refractivity contribution in [2.45, 2.75) is 19.3 Å². The minimum absolute atomic E-state index is 0.00753. The van der Waals surface area contributed by atoms with Gasteiger partial charge in [0.25, 0.3) is 0 Å². The van der Waals surface area contributed by atoms with Gasteiger partial charge in [-0.25, -0.2) is 0 Å². The number of carbonyl (C=O) groups excluding carboxylic acids is 1. The summed E-state index contributed by atoms with van der Waals surface area (Å²) >= 11 is 6.28. The molecule has 1 amide bonds. The van der Waals surface area contributed by atoms with Crippen LogP contribution in [0.5, 0.6) is 0 Å². The molecule has 0 unspecified atom stereocenters. The van der Waals surface area contributed by atoms with Gasteiger partial charge in [0, 0.05) is 40.9 Å². The fourth-order valence-corrected chi connectivity index (χ4v) is 4.32. The summed E-state index contributed by atoms with van der Waals surface area (Å²) < 4.78 is 1.99. The lowest BCUT2D eigenvalue weighted by atomic mass is 10.0. The molecule has 0 fully saturated rings. The summed E-state index contributed by atoms with van der Waals surface area (Å²) in [6, 6.07) is 23.4. The number of benzene rings is 2. The standard InChI is InChI=1S/C27H23ClN4O/c28-19-13-14-22-21(18-19)20(27(31-22)24-10-3-4-15-29-24)8-7-12-26(33)30-23-9-1-2-11-25(23)32-16-5-6-17-32/h1-6,9-11,13-18,31H,7-8,12H2,(H,30,33). The van der Waals surface area contributed by atoms with Crippen molar-refractivity contribution in [1.29, 1.82) is 0 Å². The molecule has 6 heteroatoms. The average Bonchev–Trinajstić information content (AvgIpc) is 3.49. The SMILES string of the molecule is O=C(CCCc1c(-c2ccccn2)[nH]c2ccc(Cl)cc12)Nc1ccccc1-n1cccc1. The number of aromatic amines is 1. The Morgan fingerprint density at radius 3 is 2.64 bits per heavy atom. The number of fused-ring (bicyclic) bond motifs is 1. The Bertz CT molecular complexity index is 1390. The number of rotatable bonds is 7. The highest BCUT2D eigenvalue weighted by Crippen LogP contribution is 2.32. The summed E-state index contributed by atoms with van der Waals surface area (Å²) in [6.07, 6.45) is 7.57. The topological polar surface area (TPSA) is 62.7 Å². The molecule has 3 aromatic heterocycles. The summed E-state index contributed by atoms with van der Waals surface area (Å²) in [4.78, 5) is 20.8. The smallest absolute Gasteiger partial charge is 0.224 e. The van der Waals surface area contributed by atoms with Gasteiger partial charge in [-0.3, -0.25) is 9.78 Å². The molecular formula is C27H23ClN4O. The molecule has 0 saturated carbocycles. The number of aromatic nitrogens is 3. The summed E-state index contributed by atoms with van der Waals surface area (Å²) in [5.74, 6) is -0.00753. The first-order valence-corrected chi connectivity index (χ1v) is 11.3. The van der Waals surface area contributed by atoms with Crippen molar-refractivity contribution in [3.05, 3.63) is 102 Å². The number of nitrogens with one attached hydrogen (secondary N) is 2. The Labute approximate surface area is 197 Å². The van der Waals surface area contributed by atoms with Gasteiger partial charge in [0.05, 0.1) is 22.8 Å². The van der Waals surface area contributed by atoms with Crippen LogP contribution in [-0.2, 0) is 11.2 Å². The Morgan fingerprint density at radius 1 is 1.00 bits per heavy atom. The van der Waals surface area contributed by atoms with Crippen LogP contribution in [0.15, 0.2) is 91.4 Å². The molecule has 0 atom stereocenters. The Balaban J connectivity index is 1.33.